The highest BCUT2D eigenvalue weighted by atomic mass is 32.1. The molecule has 0 fully saturated rings. The van der Waals surface area contributed by atoms with Gasteiger partial charge in [0.15, 0.2) is 0 Å². The zero-order valence-electron chi connectivity index (χ0n) is 16.3. The van der Waals surface area contributed by atoms with Crippen molar-refractivity contribution < 1.29 is 14.0 Å². The summed E-state index contributed by atoms with van der Waals surface area (Å²) in [6, 6.07) is 18.8. The summed E-state index contributed by atoms with van der Waals surface area (Å²) in [5, 5.41) is 7.44. The van der Waals surface area contributed by atoms with Crippen LogP contribution in [0.4, 0.5) is 10.1 Å². The van der Waals surface area contributed by atoms with Gasteiger partial charge < -0.3 is 10.6 Å². The first-order valence-corrected chi connectivity index (χ1v) is 10.4. The summed E-state index contributed by atoms with van der Waals surface area (Å²) in [5.41, 5.74) is 2.53. The number of amides is 2. The van der Waals surface area contributed by atoms with E-state index in [4.69, 9.17) is 0 Å². The third kappa shape index (κ3) is 5.02. The predicted molar refractivity (Wildman–Crippen MR) is 120 cm³/mol. The van der Waals surface area contributed by atoms with Gasteiger partial charge in [-0.3, -0.25) is 14.6 Å². The molecule has 0 bridgehead atoms. The standard InChI is InChI=1S/C24H18FN3O2S/c25-21-13-17(22-7-3-11-31-22)8-9-20(21)24(30)27-14-16-4-1-6-19(12-16)28-23(29)18-5-2-10-26-15-18/h1-13,15H,14H2,(H,27,30)(H,28,29). The number of carbonyl (C=O) groups is 2. The number of nitrogens with one attached hydrogen (secondary N) is 2. The number of nitrogens with zero attached hydrogens (tertiary/aromatic N) is 1. The van der Waals surface area contributed by atoms with Gasteiger partial charge >= 0.3 is 0 Å². The van der Waals surface area contributed by atoms with Gasteiger partial charge in [0, 0.05) is 29.5 Å². The quantitative estimate of drug-likeness (QED) is 0.445. The number of benzene rings is 2. The summed E-state index contributed by atoms with van der Waals surface area (Å²) < 4.78 is 14.5. The van der Waals surface area contributed by atoms with Crippen LogP contribution >= 0.6 is 11.3 Å². The second-order valence-electron chi connectivity index (χ2n) is 6.75. The van der Waals surface area contributed by atoms with Crippen LogP contribution in [0, 0.1) is 5.82 Å². The molecule has 7 heteroatoms. The van der Waals surface area contributed by atoms with E-state index in [-0.39, 0.29) is 18.0 Å². The van der Waals surface area contributed by atoms with Crippen LogP contribution in [0.25, 0.3) is 10.4 Å². The van der Waals surface area contributed by atoms with Crippen LogP contribution in [0.1, 0.15) is 26.3 Å². The fourth-order valence-electron chi connectivity index (χ4n) is 3.03. The molecule has 2 amide bonds. The van der Waals surface area contributed by atoms with E-state index in [1.54, 1.807) is 42.6 Å². The molecule has 0 saturated heterocycles. The van der Waals surface area contributed by atoms with Crippen LogP contribution in [-0.2, 0) is 6.54 Å². The minimum Gasteiger partial charge on any atom is -0.348 e. The maximum absolute atomic E-state index is 14.5. The maximum Gasteiger partial charge on any atom is 0.257 e. The Hall–Kier alpha value is -3.84. The Morgan fingerprint density at radius 2 is 1.87 bits per heavy atom. The Morgan fingerprint density at radius 1 is 0.968 bits per heavy atom. The Bertz CT molecular complexity index is 1210. The molecule has 4 aromatic rings. The van der Waals surface area contributed by atoms with E-state index in [1.165, 1.54) is 29.7 Å². The first-order valence-electron chi connectivity index (χ1n) is 9.52. The highest BCUT2D eigenvalue weighted by molar-refractivity contribution is 7.13. The Labute approximate surface area is 182 Å². The molecule has 5 nitrogen and oxygen atoms in total. The van der Waals surface area contributed by atoms with Crippen LogP contribution in [-0.4, -0.2) is 16.8 Å². The molecule has 2 N–H and O–H groups in total. The van der Waals surface area contributed by atoms with E-state index >= 15 is 0 Å². The van der Waals surface area contributed by atoms with Crippen molar-refractivity contribution in [1.29, 1.82) is 0 Å². The van der Waals surface area contributed by atoms with Crippen LogP contribution in [0.3, 0.4) is 0 Å². The summed E-state index contributed by atoms with van der Waals surface area (Å²) in [7, 11) is 0. The van der Waals surface area contributed by atoms with Crippen molar-refractivity contribution in [3.63, 3.8) is 0 Å². The molecule has 0 atom stereocenters. The summed E-state index contributed by atoms with van der Waals surface area (Å²) in [6.07, 6.45) is 3.08. The summed E-state index contributed by atoms with van der Waals surface area (Å²) in [6.45, 7) is 0.196. The molecule has 0 radical (unpaired) electrons. The van der Waals surface area contributed by atoms with Gasteiger partial charge in [-0.2, -0.15) is 0 Å². The van der Waals surface area contributed by atoms with Gasteiger partial charge in [0.25, 0.3) is 11.8 Å². The van der Waals surface area contributed by atoms with E-state index in [2.05, 4.69) is 15.6 Å². The van der Waals surface area contributed by atoms with Crippen LogP contribution in [0.2, 0.25) is 0 Å². The molecular weight excluding hydrogens is 413 g/mol. The summed E-state index contributed by atoms with van der Waals surface area (Å²) >= 11 is 1.51. The number of halogens is 1. The third-order valence-electron chi connectivity index (χ3n) is 4.58. The molecule has 0 saturated carbocycles. The fourth-order valence-corrected chi connectivity index (χ4v) is 3.76. The fraction of sp³-hybridized carbons (Fsp3) is 0.0417. The lowest BCUT2D eigenvalue weighted by atomic mass is 10.1. The molecule has 0 aliphatic rings. The minimum absolute atomic E-state index is 0.0126. The molecule has 0 unspecified atom stereocenters. The highest BCUT2D eigenvalue weighted by Crippen LogP contribution is 2.26. The lowest BCUT2D eigenvalue weighted by molar-refractivity contribution is 0.0946. The number of anilines is 1. The third-order valence-corrected chi connectivity index (χ3v) is 5.50. The summed E-state index contributed by atoms with van der Waals surface area (Å²) in [5.74, 6) is -1.34. The first-order chi connectivity index (χ1) is 15.1. The Morgan fingerprint density at radius 3 is 2.61 bits per heavy atom. The first kappa shape index (κ1) is 20.4. The van der Waals surface area contributed by atoms with Crippen LogP contribution in [0.5, 0.6) is 0 Å². The highest BCUT2D eigenvalue weighted by Gasteiger charge is 2.13. The van der Waals surface area contributed by atoms with Gasteiger partial charge in [-0.25, -0.2) is 4.39 Å². The van der Waals surface area contributed by atoms with Gasteiger partial charge in [0.2, 0.25) is 0 Å². The zero-order chi connectivity index (χ0) is 21.6. The largest absolute Gasteiger partial charge is 0.348 e. The second kappa shape index (κ2) is 9.32. The molecular formula is C24H18FN3O2S. The van der Waals surface area contributed by atoms with Crippen LogP contribution in [0.15, 0.2) is 84.5 Å². The van der Waals surface area contributed by atoms with Crippen molar-refractivity contribution in [2.75, 3.05) is 5.32 Å². The minimum atomic E-state index is -0.569. The van der Waals surface area contributed by atoms with Crippen molar-refractivity contribution >= 4 is 28.8 Å². The molecule has 2 aromatic heterocycles. The monoisotopic (exact) mass is 431 g/mol. The topological polar surface area (TPSA) is 71.1 Å². The predicted octanol–water partition coefficient (Wildman–Crippen LogP) is 5.13. The molecule has 2 aromatic carbocycles. The van der Waals surface area contributed by atoms with Gasteiger partial charge in [-0.05, 0) is 59.0 Å². The van der Waals surface area contributed by atoms with E-state index in [9.17, 15) is 14.0 Å². The van der Waals surface area contributed by atoms with Crippen LogP contribution < -0.4 is 10.6 Å². The van der Waals surface area contributed by atoms with Gasteiger partial charge in [-0.15, -0.1) is 11.3 Å². The van der Waals surface area contributed by atoms with Gasteiger partial charge in [-0.1, -0.05) is 24.3 Å². The number of hydrogen-bond donors (Lipinski definition) is 2. The van der Waals surface area contributed by atoms with Crippen molar-refractivity contribution in [3.8, 4) is 10.4 Å². The lowest BCUT2D eigenvalue weighted by Gasteiger charge is -2.10. The van der Waals surface area contributed by atoms with Gasteiger partial charge in [0.05, 0.1) is 11.1 Å². The van der Waals surface area contributed by atoms with E-state index in [1.807, 2.05) is 23.6 Å². The number of hydrogen-bond acceptors (Lipinski definition) is 4. The normalized spacial score (nSPS) is 10.5. The number of rotatable bonds is 6. The van der Waals surface area contributed by atoms with E-state index in [0.29, 0.717) is 11.3 Å². The Kier molecular flexibility index (Phi) is 6.14. The molecule has 0 aliphatic carbocycles. The molecule has 0 spiro atoms. The summed E-state index contributed by atoms with van der Waals surface area (Å²) in [4.78, 5) is 29.6. The number of aromatic nitrogens is 1. The number of pyridine rings is 1. The average Bonchev–Trinajstić information content (AvgIpc) is 3.33. The molecule has 31 heavy (non-hydrogen) atoms. The zero-order valence-corrected chi connectivity index (χ0v) is 17.2. The number of carbonyl (C=O) groups excluding carboxylic acids is 2. The van der Waals surface area contributed by atoms with Crippen molar-refractivity contribution in [2.45, 2.75) is 6.54 Å². The molecule has 0 aliphatic heterocycles. The molecule has 2 heterocycles. The average molecular weight is 431 g/mol. The second-order valence-corrected chi connectivity index (χ2v) is 7.70. The van der Waals surface area contributed by atoms with E-state index < -0.39 is 11.7 Å². The van der Waals surface area contributed by atoms with E-state index in [0.717, 1.165) is 16.0 Å². The van der Waals surface area contributed by atoms with Crippen molar-refractivity contribution in [3.05, 3.63) is 107 Å². The lowest BCUT2D eigenvalue weighted by Crippen LogP contribution is -2.24. The van der Waals surface area contributed by atoms with Crippen molar-refractivity contribution in [2.24, 2.45) is 0 Å². The van der Waals surface area contributed by atoms with Gasteiger partial charge in [0.1, 0.15) is 5.82 Å². The molecule has 4 rings (SSSR count). The van der Waals surface area contributed by atoms with Crippen molar-refractivity contribution in [1.82, 2.24) is 10.3 Å². The number of thiophene rings is 1. The Balaban J connectivity index is 1.39. The SMILES string of the molecule is O=C(Nc1cccc(CNC(=O)c2ccc(-c3cccs3)cc2F)c1)c1cccnc1. The smallest absolute Gasteiger partial charge is 0.257 e. The molecule has 154 valence electrons. The maximum atomic E-state index is 14.5.